The smallest absolute Gasteiger partial charge is 0.340 e. The number of alkyl halides is 2. The Bertz CT molecular complexity index is 733. The number of halogens is 2. The van der Waals surface area contributed by atoms with Gasteiger partial charge in [0.05, 0.1) is 6.61 Å². The summed E-state index contributed by atoms with van der Waals surface area (Å²) in [6.45, 7) is 3.02. The van der Waals surface area contributed by atoms with Crippen molar-refractivity contribution in [3.63, 3.8) is 0 Å². The van der Waals surface area contributed by atoms with Crippen LogP contribution in [0.3, 0.4) is 0 Å². The Hall–Kier alpha value is -2.18. The normalized spacial score (nSPS) is 27.8. The topological polar surface area (TPSA) is 61.8 Å². The van der Waals surface area contributed by atoms with E-state index in [1.807, 2.05) is 12.1 Å². The van der Waals surface area contributed by atoms with Gasteiger partial charge in [-0.1, -0.05) is 12.1 Å². The van der Waals surface area contributed by atoms with Crippen LogP contribution in [-0.4, -0.2) is 43.1 Å². The average molecular weight is 453 g/mol. The SMILES string of the molecule is CC(F)C(=O)OC1CCC(COc2ccc(C3CCC(OC(=O)[C@H](C)F)CC3)cc2)CC1. The first-order chi connectivity index (χ1) is 15.3. The molecule has 0 heterocycles. The quantitative estimate of drug-likeness (QED) is 0.491. The lowest BCUT2D eigenvalue weighted by Crippen LogP contribution is -2.29. The third kappa shape index (κ3) is 7.17. The van der Waals surface area contributed by atoms with Crippen LogP contribution >= 0.6 is 0 Å². The number of esters is 2. The molecular formula is C25H34F2O5. The second kappa shape index (κ2) is 11.6. The maximum atomic E-state index is 13.0. The molecule has 0 N–H and O–H groups in total. The van der Waals surface area contributed by atoms with Gasteiger partial charge in [-0.2, -0.15) is 0 Å². The van der Waals surface area contributed by atoms with Crippen LogP contribution in [0.2, 0.25) is 0 Å². The predicted molar refractivity (Wildman–Crippen MR) is 116 cm³/mol. The third-order valence-corrected chi connectivity index (χ3v) is 6.52. The summed E-state index contributed by atoms with van der Waals surface area (Å²) in [6.07, 6.45) is 3.09. The van der Waals surface area contributed by atoms with Crippen LogP contribution in [0.5, 0.6) is 5.75 Å². The Labute approximate surface area is 188 Å². The van der Waals surface area contributed by atoms with Gasteiger partial charge in [0.1, 0.15) is 18.0 Å². The Balaban J connectivity index is 1.37. The molecule has 0 aromatic heterocycles. The van der Waals surface area contributed by atoms with Crippen LogP contribution in [0.4, 0.5) is 8.78 Å². The van der Waals surface area contributed by atoms with E-state index >= 15 is 0 Å². The van der Waals surface area contributed by atoms with Crippen LogP contribution in [0.1, 0.15) is 76.7 Å². The molecule has 32 heavy (non-hydrogen) atoms. The second-order valence-electron chi connectivity index (χ2n) is 9.10. The van der Waals surface area contributed by atoms with Crippen molar-refractivity contribution in [3.8, 4) is 5.75 Å². The molecule has 0 aliphatic heterocycles. The Morgan fingerprint density at radius 1 is 0.812 bits per heavy atom. The van der Waals surface area contributed by atoms with Crippen LogP contribution in [0.25, 0.3) is 0 Å². The monoisotopic (exact) mass is 452 g/mol. The summed E-state index contributed by atoms with van der Waals surface area (Å²) in [5.74, 6) is 0.102. The number of hydrogen-bond acceptors (Lipinski definition) is 5. The molecule has 0 saturated heterocycles. The maximum absolute atomic E-state index is 13.0. The largest absolute Gasteiger partial charge is 0.493 e. The summed E-state index contributed by atoms with van der Waals surface area (Å²) in [7, 11) is 0. The summed E-state index contributed by atoms with van der Waals surface area (Å²) >= 11 is 0. The standard InChI is InChI=1S/C25H34F2O5/c1-16(26)24(28)31-22-9-3-18(4-10-22)15-30-21-11-5-19(6-12-21)20-7-13-23(14-8-20)32-25(29)17(2)27/h5-6,11-12,16-18,20,22-23H,3-4,7-10,13-15H2,1-2H3/t16?,17-,18?,20?,22?,23?/m0/s1. The number of carbonyl (C=O) groups excluding carboxylic acids is 2. The van der Waals surface area contributed by atoms with Crippen LogP contribution in [-0.2, 0) is 19.1 Å². The van der Waals surface area contributed by atoms with E-state index in [9.17, 15) is 18.4 Å². The zero-order valence-electron chi connectivity index (χ0n) is 18.9. The zero-order valence-corrected chi connectivity index (χ0v) is 18.9. The van der Waals surface area contributed by atoms with Crippen molar-refractivity contribution in [1.82, 2.24) is 0 Å². The van der Waals surface area contributed by atoms with Gasteiger partial charge in [0.25, 0.3) is 0 Å². The number of carbonyl (C=O) groups is 2. The van der Waals surface area contributed by atoms with Crippen molar-refractivity contribution in [2.24, 2.45) is 5.92 Å². The molecule has 2 atom stereocenters. The molecule has 0 radical (unpaired) electrons. The Kier molecular flexibility index (Phi) is 8.88. The highest BCUT2D eigenvalue weighted by Crippen LogP contribution is 2.35. The molecule has 0 amide bonds. The highest BCUT2D eigenvalue weighted by atomic mass is 19.1. The van der Waals surface area contributed by atoms with Gasteiger partial charge in [-0.15, -0.1) is 0 Å². The minimum absolute atomic E-state index is 0.182. The van der Waals surface area contributed by atoms with Gasteiger partial charge in [0.15, 0.2) is 12.3 Å². The minimum atomic E-state index is -1.57. The lowest BCUT2D eigenvalue weighted by molar-refractivity contribution is -0.157. The van der Waals surface area contributed by atoms with Gasteiger partial charge in [-0.05, 0) is 94.7 Å². The number of hydrogen-bond donors (Lipinski definition) is 0. The van der Waals surface area contributed by atoms with Gasteiger partial charge in [0.2, 0.25) is 0 Å². The third-order valence-electron chi connectivity index (χ3n) is 6.52. The first kappa shape index (κ1) is 24.5. The predicted octanol–water partition coefficient (Wildman–Crippen LogP) is 5.45. The minimum Gasteiger partial charge on any atom is -0.493 e. The Morgan fingerprint density at radius 3 is 1.75 bits per heavy atom. The van der Waals surface area contributed by atoms with Crippen molar-refractivity contribution in [2.45, 2.75) is 95.7 Å². The molecule has 2 fully saturated rings. The van der Waals surface area contributed by atoms with E-state index in [2.05, 4.69) is 12.1 Å². The van der Waals surface area contributed by atoms with Crippen molar-refractivity contribution in [3.05, 3.63) is 29.8 Å². The highest BCUT2D eigenvalue weighted by molar-refractivity contribution is 5.74. The van der Waals surface area contributed by atoms with E-state index in [1.54, 1.807) is 0 Å². The fraction of sp³-hybridized carbons (Fsp3) is 0.680. The fourth-order valence-corrected chi connectivity index (χ4v) is 4.50. The molecule has 7 heteroatoms. The van der Waals surface area contributed by atoms with E-state index in [-0.39, 0.29) is 12.2 Å². The van der Waals surface area contributed by atoms with Crippen molar-refractivity contribution in [2.75, 3.05) is 6.61 Å². The highest BCUT2D eigenvalue weighted by Gasteiger charge is 2.27. The first-order valence-corrected chi connectivity index (χ1v) is 11.7. The molecule has 1 aromatic rings. The van der Waals surface area contributed by atoms with Gasteiger partial charge < -0.3 is 14.2 Å². The molecule has 5 nitrogen and oxygen atoms in total. The van der Waals surface area contributed by atoms with Crippen molar-refractivity contribution in [1.29, 1.82) is 0 Å². The molecular weight excluding hydrogens is 418 g/mol. The summed E-state index contributed by atoms with van der Waals surface area (Å²) < 4.78 is 42.3. The van der Waals surface area contributed by atoms with E-state index in [0.717, 1.165) is 57.1 Å². The summed E-state index contributed by atoms with van der Waals surface area (Å²) in [5, 5.41) is 0. The van der Waals surface area contributed by atoms with E-state index in [0.29, 0.717) is 18.4 Å². The molecule has 3 rings (SSSR count). The lowest BCUT2D eigenvalue weighted by Gasteiger charge is -2.29. The molecule has 178 valence electrons. The average Bonchev–Trinajstić information content (AvgIpc) is 2.79. The van der Waals surface area contributed by atoms with Crippen molar-refractivity contribution < 1.29 is 32.6 Å². The number of benzene rings is 1. The zero-order chi connectivity index (χ0) is 23.1. The van der Waals surface area contributed by atoms with E-state index in [1.165, 1.54) is 19.4 Å². The molecule has 2 aliphatic rings. The summed E-state index contributed by atoms with van der Waals surface area (Å²) in [5.41, 5.74) is 1.24. The fourth-order valence-electron chi connectivity index (χ4n) is 4.50. The molecule has 0 spiro atoms. The second-order valence-corrected chi connectivity index (χ2v) is 9.10. The van der Waals surface area contributed by atoms with Crippen LogP contribution in [0.15, 0.2) is 24.3 Å². The molecule has 0 bridgehead atoms. The van der Waals surface area contributed by atoms with Gasteiger partial charge >= 0.3 is 11.9 Å². The number of ether oxygens (including phenoxy) is 3. The molecule has 1 aromatic carbocycles. The molecule has 2 saturated carbocycles. The molecule has 1 unspecified atom stereocenters. The van der Waals surface area contributed by atoms with Crippen molar-refractivity contribution >= 4 is 11.9 Å². The van der Waals surface area contributed by atoms with E-state index < -0.39 is 24.3 Å². The first-order valence-electron chi connectivity index (χ1n) is 11.7. The summed E-state index contributed by atoms with van der Waals surface area (Å²) in [6, 6.07) is 8.15. The van der Waals surface area contributed by atoms with Gasteiger partial charge in [0, 0.05) is 0 Å². The lowest BCUT2D eigenvalue weighted by atomic mass is 9.83. The summed E-state index contributed by atoms with van der Waals surface area (Å²) in [4.78, 5) is 22.8. The van der Waals surface area contributed by atoms with Crippen LogP contribution < -0.4 is 4.74 Å². The van der Waals surface area contributed by atoms with Crippen LogP contribution in [0, 0.1) is 5.92 Å². The molecule has 2 aliphatic carbocycles. The Morgan fingerprint density at radius 2 is 1.28 bits per heavy atom. The van der Waals surface area contributed by atoms with Gasteiger partial charge in [-0.25, -0.2) is 18.4 Å². The van der Waals surface area contributed by atoms with E-state index in [4.69, 9.17) is 14.2 Å². The van der Waals surface area contributed by atoms with Gasteiger partial charge in [-0.3, -0.25) is 0 Å². The number of rotatable bonds is 8. The maximum Gasteiger partial charge on any atom is 0.340 e.